The standard InChI is InChI=1S/C34H38N4O4S2.Fe/c1-15-21(7-9-31(39)40)27-14-28-22(8-10-32(41)42)16(2)24(36-28)12-29-34(20(6)44)18(4)26(38-29)13-30-33(19(5)43)17(3)25(37-30)11-23(15)35-27;/h11-14,19-20H,7-10H2,1-6H3,(H6,35,36,37,38,39,40,41,42,43,44);/q;+2/p-2/t19-,20?;/m0./s1. The molecule has 0 amide bonds. The van der Waals surface area contributed by atoms with E-state index in [0.717, 1.165) is 67.0 Å². The van der Waals surface area contributed by atoms with E-state index in [1.165, 1.54) is 0 Å². The zero-order valence-corrected chi connectivity index (χ0v) is 28.9. The second-order valence-corrected chi connectivity index (χ2v) is 13.1. The molecule has 8 nitrogen and oxygen atoms in total. The van der Waals surface area contributed by atoms with Gasteiger partial charge in [-0.2, -0.15) is 25.3 Å². The molecule has 1 unspecified atom stereocenters. The van der Waals surface area contributed by atoms with Crippen molar-refractivity contribution in [2.75, 3.05) is 0 Å². The molecule has 3 aromatic rings. The van der Waals surface area contributed by atoms with Crippen LogP contribution in [-0.4, -0.2) is 37.4 Å². The number of thiol groups is 2. The van der Waals surface area contributed by atoms with Gasteiger partial charge < -0.3 is 20.2 Å². The molecule has 0 saturated heterocycles. The third kappa shape index (κ3) is 6.82. The minimum atomic E-state index is -0.895. The van der Waals surface area contributed by atoms with E-state index < -0.39 is 11.9 Å². The van der Waals surface area contributed by atoms with E-state index in [0.29, 0.717) is 35.3 Å². The van der Waals surface area contributed by atoms with Gasteiger partial charge in [-0.15, -0.1) is 22.1 Å². The van der Waals surface area contributed by atoms with E-state index in [-0.39, 0.29) is 40.4 Å². The Morgan fingerprint density at radius 1 is 0.711 bits per heavy atom. The summed E-state index contributed by atoms with van der Waals surface area (Å²) >= 11 is 9.58. The maximum Gasteiger partial charge on any atom is 2.00 e. The summed E-state index contributed by atoms with van der Waals surface area (Å²) in [5.41, 5.74) is 13.1. The molecule has 2 N–H and O–H groups in total. The van der Waals surface area contributed by atoms with Gasteiger partial charge in [0.2, 0.25) is 0 Å². The van der Waals surface area contributed by atoms with Gasteiger partial charge in [-0.3, -0.25) is 9.59 Å². The van der Waals surface area contributed by atoms with E-state index in [9.17, 15) is 19.8 Å². The first-order valence-electron chi connectivity index (χ1n) is 14.6. The molecular formula is C34H36FeN4O4S2. The fourth-order valence-corrected chi connectivity index (χ4v) is 6.80. The Kier molecular flexibility index (Phi) is 10.5. The summed E-state index contributed by atoms with van der Waals surface area (Å²) in [5, 5.41) is 18.8. The van der Waals surface area contributed by atoms with Crippen LogP contribution in [0.25, 0.3) is 44.4 Å². The molecule has 5 heterocycles. The Morgan fingerprint density at radius 3 is 1.84 bits per heavy atom. The molecule has 0 saturated carbocycles. The first-order chi connectivity index (χ1) is 20.8. The van der Waals surface area contributed by atoms with Crippen LogP contribution in [0.4, 0.5) is 0 Å². The average molecular weight is 685 g/mol. The van der Waals surface area contributed by atoms with Crippen LogP contribution < -0.4 is 9.97 Å². The molecule has 2 aliphatic heterocycles. The van der Waals surface area contributed by atoms with Gasteiger partial charge in [0, 0.05) is 23.3 Å². The van der Waals surface area contributed by atoms with Crippen molar-refractivity contribution in [3.05, 3.63) is 69.3 Å². The van der Waals surface area contributed by atoms with Gasteiger partial charge >= 0.3 is 29.0 Å². The number of carboxylic acids is 2. The summed E-state index contributed by atoms with van der Waals surface area (Å²) < 4.78 is 0. The molecule has 0 radical (unpaired) electrons. The van der Waals surface area contributed by atoms with Crippen molar-refractivity contribution < 1.29 is 36.9 Å². The van der Waals surface area contributed by atoms with Gasteiger partial charge in [0.05, 0.1) is 22.8 Å². The maximum atomic E-state index is 11.6. The minimum Gasteiger partial charge on any atom is -0.657 e. The van der Waals surface area contributed by atoms with Gasteiger partial charge in [-0.25, -0.2) is 9.97 Å². The van der Waals surface area contributed by atoms with Crippen molar-refractivity contribution in [3.63, 3.8) is 0 Å². The number of carboxylic acid groups (broad SMARTS) is 2. The van der Waals surface area contributed by atoms with E-state index in [2.05, 4.69) is 0 Å². The molecule has 5 rings (SSSR count). The van der Waals surface area contributed by atoms with Crippen LogP contribution >= 0.6 is 25.3 Å². The number of allylic oxidation sites excluding steroid dienone is 3. The van der Waals surface area contributed by atoms with Crippen molar-refractivity contribution in [2.24, 2.45) is 0 Å². The fourth-order valence-electron chi connectivity index (χ4n) is 6.15. The van der Waals surface area contributed by atoms with Crippen LogP contribution in [0.1, 0.15) is 97.2 Å². The van der Waals surface area contributed by atoms with Crippen LogP contribution in [0, 0.1) is 13.8 Å². The summed E-state index contributed by atoms with van der Waals surface area (Å²) in [6, 6.07) is 7.75. The van der Waals surface area contributed by atoms with Gasteiger partial charge in [0.15, 0.2) is 0 Å². The number of rotatable bonds is 8. The van der Waals surface area contributed by atoms with Crippen molar-refractivity contribution >= 4 is 81.6 Å². The molecule has 0 aliphatic carbocycles. The molecule has 2 atom stereocenters. The van der Waals surface area contributed by atoms with Crippen molar-refractivity contribution in [1.82, 2.24) is 19.9 Å². The second kappa shape index (κ2) is 13.6. The number of hydrogen-bond acceptors (Lipinski definition) is 6. The Hall–Kier alpha value is -3.24. The quantitative estimate of drug-likeness (QED) is 0.145. The average Bonchev–Trinajstić information content (AvgIpc) is 3.59. The number of nitrogens with zero attached hydrogens (tertiary/aromatic N) is 4. The monoisotopic (exact) mass is 684 g/mol. The third-order valence-electron chi connectivity index (χ3n) is 8.49. The number of fused-ring (bicyclic) bond motifs is 8. The molecular weight excluding hydrogens is 648 g/mol. The van der Waals surface area contributed by atoms with Crippen LogP contribution in [0.3, 0.4) is 0 Å². The predicted molar refractivity (Wildman–Crippen MR) is 182 cm³/mol. The van der Waals surface area contributed by atoms with Gasteiger partial charge in [0.1, 0.15) is 0 Å². The molecule has 2 aliphatic rings. The molecule has 11 heteroatoms. The van der Waals surface area contributed by atoms with Crippen LogP contribution in [-0.2, 0) is 33.1 Å². The summed E-state index contributed by atoms with van der Waals surface area (Å²) in [6.45, 7) is 12.0. The van der Waals surface area contributed by atoms with Gasteiger partial charge in [0.25, 0.3) is 0 Å². The topological polar surface area (TPSA) is 129 Å². The number of carbonyl (C=O) groups is 2. The molecule has 45 heavy (non-hydrogen) atoms. The largest absolute Gasteiger partial charge is 2.00 e. The smallest absolute Gasteiger partial charge is 0.657 e. The molecule has 0 aromatic carbocycles. The zero-order chi connectivity index (χ0) is 32.0. The van der Waals surface area contributed by atoms with E-state index in [1.54, 1.807) is 0 Å². The Morgan fingerprint density at radius 2 is 1.22 bits per heavy atom. The van der Waals surface area contributed by atoms with E-state index in [1.807, 2.05) is 65.8 Å². The first-order valence-corrected chi connectivity index (χ1v) is 15.6. The molecule has 0 spiro atoms. The van der Waals surface area contributed by atoms with Crippen LogP contribution in [0.15, 0.2) is 24.3 Å². The number of aromatic nitrogens is 4. The second-order valence-electron chi connectivity index (χ2n) is 11.5. The van der Waals surface area contributed by atoms with Gasteiger partial charge in [-0.1, -0.05) is 41.0 Å². The molecule has 3 aromatic heterocycles. The fraction of sp³-hybridized carbons (Fsp3) is 0.353. The number of aryl methyl sites for hydroxylation is 3. The van der Waals surface area contributed by atoms with E-state index in [4.69, 9.17) is 45.2 Å². The Balaban J connectivity index is 0.00000461. The summed E-state index contributed by atoms with van der Waals surface area (Å²) in [4.78, 5) is 43.1. The van der Waals surface area contributed by atoms with Gasteiger partial charge in [-0.05, 0) is 82.2 Å². The normalized spacial score (nSPS) is 14.4. The van der Waals surface area contributed by atoms with Crippen LogP contribution in [0.5, 0.6) is 0 Å². The Bertz CT molecular complexity index is 1940. The molecule has 0 fully saturated rings. The summed E-state index contributed by atoms with van der Waals surface area (Å²) in [5.74, 6) is -1.79. The molecule has 236 valence electrons. The summed E-state index contributed by atoms with van der Waals surface area (Å²) in [7, 11) is 0. The van der Waals surface area contributed by atoms with Crippen LogP contribution in [0.2, 0.25) is 0 Å². The van der Waals surface area contributed by atoms with E-state index >= 15 is 0 Å². The van der Waals surface area contributed by atoms with Crippen molar-refractivity contribution in [3.8, 4) is 0 Å². The first kappa shape index (κ1) is 34.6. The summed E-state index contributed by atoms with van der Waals surface area (Å²) in [6.07, 6.45) is 0.495. The SMILES string of the molecule is CC1=C(CCC(=O)O)c2cc3[n-]c(cc4nc(cc5[n-]c(cc1n2)c(C)c5[C@H](C)S)C(C)=C4C(C)S)c(C)c3CCC(=O)O.[Fe+2]. The van der Waals surface area contributed by atoms with Crippen molar-refractivity contribution in [2.45, 2.75) is 77.7 Å². The number of aliphatic carboxylic acids is 2. The zero-order valence-electron chi connectivity index (χ0n) is 26.0. The third-order valence-corrected chi connectivity index (χ3v) is 9.01. The Labute approximate surface area is 284 Å². The number of hydrogen-bond donors (Lipinski definition) is 4. The maximum absolute atomic E-state index is 11.6. The predicted octanol–water partition coefficient (Wildman–Crippen LogP) is 7.24. The minimum absolute atomic E-state index is 0. The van der Waals surface area contributed by atoms with Crippen molar-refractivity contribution in [1.29, 1.82) is 0 Å². The molecule has 8 bridgehead atoms.